The third-order valence-electron chi connectivity index (χ3n) is 3.88. The Kier molecular flexibility index (Phi) is 3.05. The fourth-order valence-electron chi connectivity index (χ4n) is 2.77. The summed E-state index contributed by atoms with van der Waals surface area (Å²) in [5.74, 6) is -0.843. The van der Waals surface area contributed by atoms with Crippen molar-refractivity contribution in [1.29, 1.82) is 0 Å². The number of rotatable bonds is 1. The van der Waals surface area contributed by atoms with Gasteiger partial charge in [-0.25, -0.2) is 4.98 Å². The van der Waals surface area contributed by atoms with E-state index < -0.39 is 22.8 Å². The Balaban J connectivity index is 2.32. The highest BCUT2D eigenvalue weighted by molar-refractivity contribution is 6.28. The Morgan fingerprint density at radius 3 is 2.77 bits per heavy atom. The third-order valence-corrected chi connectivity index (χ3v) is 3.88. The Labute approximate surface area is 126 Å². The Bertz CT molecular complexity index is 876. The van der Waals surface area contributed by atoms with E-state index in [9.17, 15) is 14.4 Å². The molecule has 1 unspecified atom stereocenters. The molecule has 1 aromatic heterocycles. The zero-order valence-electron chi connectivity index (χ0n) is 11.9. The summed E-state index contributed by atoms with van der Waals surface area (Å²) < 4.78 is 1.12. The third kappa shape index (κ3) is 1.91. The summed E-state index contributed by atoms with van der Waals surface area (Å²) in [7, 11) is 6.15. The molecule has 3 N–H and O–H groups in total. The molecule has 2 aromatic rings. The monoisotopic (exact) mass is 296 g/mol. The minimum Gasteiger partial charge on any atom is -0.398 e. The van der Waals surface area contributed by atoms with Gasteiger partial charge in [-0.1, -0.05) is 6.07 Å². The number of fused-ring (bicyclic) bond motifs is 1. The van der Waals surface area contributed by atoms with Gasteiger partial charge in [-0.2, -0.15) is 0 Å². The average Bonchev–Trinajstić information content (AvgIpc) is 2.43. The van der Waals surface area contributed by atoms with Crippen molar-refractivity contribution in [3.8, 4) is 0 Å². The van der Waals surface area contributed by atoms with Crippen molar-refractivity contribution in [3.63, 3.8) is 0 Å². The second kappa shape index (κ2) is 4.69. The molecular formula is C14H13BN4O3. The number of nitrogen functional groups attached to an aromatic ring is 1. The van der Waals surface area contributed by atoms with Gasteiger partial charge < -0.3 is 5.73 Å². The average molecular weight is 296 g/mol. The van der Waals surface area contributed by atoms with Crippen molar-refractivity contribution in [2.75, 3.05) is 5.73 Å². The van der Waals surface area contributed by atoms with Gasteiger partial charge in [-0.3, -0.25) is 24.3 Å². The van der Waals surface area contributed by atoms with Crippen LogP contribution in [0.1, 0.15) is 18.7 Å². The number of aromatic nitrogens is 2. The first kappa shape index (κ1) is 14.3. The van der Waals surface area contributed by atoms with Crippen LogP contribution >= 0.6 is 0 Å². The molecule has 22 heavy (non-hydrogen) atoms. The maximum absolute atomic E-state index is 12.8. The lowest BCUT2D eigenvalue weighted by Gasteiger charge is -2.35. The van der Waals surface area contributed by atoms with E-state index in [1.54, 1.807) is 25.1 Å². The van der Waals surface area contributed by atoms with Crippen LogP contribution in [0.25, 0.3) is 10.9 Å². The Morgan fingerprint density at radius 1 is 1.36 bits per heavy atom. The number of piperidine rings is 1. The van der Waals surface area contributed by atoms with Gasteiger partial charge in [0.15, 0.2) is 0 Å². The molecular weight excluding hydrogens is 283 g/mol. The van der Waals surface area contributed by atoms with Crippen LogP contribution < -0.4 is 16.6 Å². The van der Waals surface area contributed by atoms with Gasteiger partial charge in [-0.05, 0) is 25.5 Å². The lowest BCUT2D eigenvalue weighted by atomic mass is 9.71. The van der Waals surface area contributed by atoms with Crippen molar-refractivity contribution >= 4 is 36.3 Å². The van der Waals surface area contributed by atoms with Crippen LogP contribution in [0.2, 0.25) is 0 Å². The van der Waals surface area contributed by atoms with E-state index in [1.165, 1.54) is 0 Å². The molecule has 1 aliphatic rings. The molecule has 1 atom stereocenters. The van der Waals surface area contributed by atoms with E-state index in [1.807, 2.05) is 0 Å². The first-order valence-corrected chi connectivity index (χ1v) is 6.76. The molecule has 0 aliphatic carbocycles. The molecule has 1 saturated heterocycles. The van der Waals surface area contributed by atoms with Crippen LogP contribution in [0, 0.1) is 6.92 Å². The van der Waals surface area contributed by atoms with Gasteiger partial charge in [0, 0.05) is 12.1 Å². The molecule has 1 aliphatic heterocycles. The van der Waals surface area contributed by atoms with Gasteiger partial charge in [0.05, 0.1) is 16.3 Å². The highest BCUT2D eigenvalue weighted by atomic mass is 16.2. The molecule has 2 amide bonds. The summed E-state index contributed by atoms with van der Waals surface area (Å²) in [6.45, 7) is 1.59. The summed E-state index contributed by atoms with van der Waals surface area (Å²) in [5, 5.41) is 2.37. The van der Waals surface area contributed by atoms with Crippen molar-refractivity contribution in [2.45, 2.75) is 25.2 Å². The lowest BCUT2D eigenvalue weighted by molar-refractivity contribution is -0.137. The van der Waals surface area contributed by atoms with E-state index in [4.69, 9.17) is 13.6 Å². The van der Waals surface area contributed by atoms with Crippen LogP contribution in [0.3, 0.4) is 0 Å². The fraction of sp³-hybridized carbons (Fsp3) is 0.286. The topological polar surface area (TPSA) is 107 Å². The van der Waals surface area contributed by atoms with Gasteiger partial charge in [0.25, 0.3) is 5.56 Å². The Hall–Kier alpha value is -2.64. The molecule has 0 spiro atoms. The maximum atomic E-state index is 12.8. The number of aryl methyl sites for hydroxylation is 1. The summed E-state index contributed by atoms with van der Waals surface area (Å²) in [5.41, 5.74) is 4.41. The van der Waals surface area contributed by atoms with Crippen LogP contribution in [0.4, 0.5) is 5.69 Å². The predicted octanol–water partition coefficient (Wildman–Crippen LogP) is -0.455. The van der Waals surface area contributed by atoms with E-state index in [0.29, 0.717) is 5.52 Å². The molecule has 3 rings (SSSR count). The fourth-order valence-corrected chi connectivity index (χ4v) is 2.77. The molecule has 8 heteroatoms. The number of anilines is 1. The normalized spacial score (nSPS) is 21.9. The van der Waals surface area contributed by atoms with Crippen molar-refractivity contribution in [3.05, 3.63) is 34.4 Å². The number of imide groups is 1. The number of nitrogens with one attached hydrogen (secondary N) is 1. The summed E-state index contributed by atoms with van der Waals surface area (Å²) in [6, 6.07) is 4.94. The minimum atomic E-state index is -1.65. The lowest BCUT2D eigenvalue weighted by Crippen LogP contribution is -2.58. The quantitative estimate of drug-likeness (QED) is 0.421. The summed E-state index contributed by atoms with van der Waals surface area (Å²) in [4.78, 5) is 40.6. The summed E-state index contributed by atoms with van der Waals surface area (Å²) >= 11 is 0. The van der Waals surface area contributed by atoms with Crippen molar-refractivity contribution in [2.24, 2.45) is 0 Å². The molecule has 2 heterocycles. The number of hydrogen-bond acceptors (Lipinski definition) is 5. The maximum Gasteiger partial charge on any atom is 0.263 e. The second-order valence-electron chi connectivity index (χ2n) is 5.34. The van der Waals surface area contributed by atoms with Crippen molar-refractivity contribution < 1.29 is 9.59 Å². The number of carbonyl (C=O) groups is 2. The van der Waals surface area contributed by atoms with E-state index in [0.717, 1.165) is 4.57 Å². The number of benzene rings is 1. The first-order valence-electron chi connectivity index (χ1n) is 6.76. The van der Waals surface area contributed by atoms with Gasteiger partial charge in [0.2, 0.25) is 11.8 Å². The number of nitrogens with zero attached hydrogens (tertiary/aromatic N) is 2. The SMILES string of the molecule is [B]C1(n2c(C)nc3cccc(N)c3c2=O)CCC(=O)NC1=O. The number of carbonyl (C=O) groups excluding carboxylic acids is 2. The van der Waals surface area contributed by atoms with Gasteiger partial charge >= 0.3 is 0 Å². The molecule has 110 valence electrons. The zero-order valence-corrected chi connectivity index (χ0v) is 11.9. The van der Waals surface area contributed by atoms with E-state index >= 15 is 0 Å². The van der Waals surface area contributed by atoms with Crippen LogP contribution in [0.15, 0.2) is 23.0 Å². The smallest absolute Gasteiger partial charge is 0.263 e. The van der Waals surface area contributed by atoms with E-state index in [-0.39, 0.29) is 29.7 Å². The largest absolute Gasteiger partial charge is 0.398 e. The highest BCUT2D eigenvalue weighted by Crippen LogP contribution is 2.25. The highest BCUT2D eigenvalue weighted by Gasteiger charge is 2.41. The minimum absolute atomic E-state index is 0.0261. The Morgan fingerprint density at radius 2 is 2.09 bits per heavy atom. The molecule has 1 fully saturated rings. The second-order valence-corrected chi connectivity index (χ2v) is 5.34. The zero-order chi connectivity index (χ0) is 16.1. The number of nitrogens with two attached hydrogens (primary N) is 1. The molecule has 2 radical (unpaired) electrons. The van der Waals surface area contributed by atoms with Crippen LogP contribution in [0.5, 0.6) is 0 Å². The first-order chi connectivity index (χ1) is 10.3. The molecule has 0 saturated carbocycles. The number of amides is 2. The summed E-state index contributed by atoms with van der Waals surface area (Å²) in [6.07, 6.45) is 0.0781. The standard InChI is InChI=1S/C14H13BN4O3/c1-7-17-9-4-2-3-8(16)11(9)12(21)19(7)14(15)6-5-10(20)18-13(14)22/h2-4H,5-6,16H2,1H3,(H,18,20,22). The number of hydrogen-bond donors (Lipinski definition) is 2. The molecule has 7 nitrogen and oxygen atoms in total. The van der Waals surface area contributed by atoms with Crippen molar-refractivity contribution in [1.82, 2.24) is 14.9 Å². The van der Waals surface area contributed by atoms with Crippen LogP contribution in [-0.4, -0.2) is 29.2 Å². The molecule has 1 aromatic carbocycles. The van der Waals surface area contributed by atoms with Gasteiger partial charge in [-0.15, -0.1) is 0 Å². The predicted molar refractivity (Wildman–Crippen MR) is 81.3 cm³/mol. The molecule has 0 bridgehead atoms. The van der Waals surface area contributed by atoms with Crippen LogP contribution in [-0.2, 0) is 15.0 Å². The van der Waals surface area contributed by atoms with Gasteiger partial charge in [0.1, 0.15) is 13.7 Å². The van der Waals surface area contributed by atoms with E-state index in [2.05, 4.69) is 10.3 Å².